The van der Waals surface area contributed by atoms with Gasteiger partial charge in [-0.2, -0.15) is 0 Å². The van der Waals surface area contributed by atoms with Crippen LogP contribution in [0, 0.1) is 0 Å². The lowest BCUT2D eigenvalue weighted by molar-refractivity contribution is 0.672. The Bertz CT molecular complexity index is 3390. The summed E-state index contributed by atoms with van der Waals surface area (Å²) in [6, 6.07) is 25.4. The molecule has 0 saturated carbocycles. The van der Waals surface area contributed by atoms with Crippen molar-refractivity contribution < 1.29 is 19.5 Å². The number of hydrogen-bond donors (Lipinski definition) is 0. The number of fused-ring (bicyclic) bond motifs is 9. The smallest absolute Gasteiger partial charge is 0.143 e. The maximum Gasteiger partial charge on any atom is 0.143 e. The Kier molecular flexibility index (Phi) is 3.74. The Balaban J connectivity index is 1.48. The van der Waals surface area contributed by atoms with E-state index < -0.39 is 66.5 Å². The zero-order valence-electron chi connectivity index (χ0n) is 35.6. The molecule has 3 heteroatoms. The van der Waals surface area contributed by atoms with Gasteiger partial charge in [-0.3, -0.25) is 0 Å². The highest BCUT2D eigenvalue weighted by atomic mass is 16.3. The first-order chi connectivity index (χ1) is 27.9. The summed E-state index contributed by atoms with van der Waals surface area (Å²) in [6.07, 6.45) is 0. The Labute approximate surface area is 286 Å². The summed E-state index contributed by atoms with van der Waals surface area (Å²) in [6.45, 7) is 0. The first-order valence-corrected chi connectivity index (χ1v) is 15.1. The van der Waals surface area contributed by atoms with E-state index in [0.717, 1.165) is 21.5 Å². The lowest BCUT2D eigenvalue weighted by atomic mass is 10.0. The third-order valence-electron chi connectivity index (χ3n) is 8.80. The van der Waals surface area contributed by atoms with Crippen LogP contribution in [0.3, 0.4) is 0 Å². The Morgan fingerprint density at radius 1 is 0.468 bits per heavy atom. The van der Waals surface area contributed by atoms with E-state index in [1.807, 2.05) is 84.9 Å². The summed E-state index contributed by atoms with van der Waals surface area (Å²) in [5.74, 6) is 0. The van der Waals surface area contributed by atoms with Crippen molar-refractivity contribution in [2.75, 3.05) is 4.90 Å². The van der Waals surface area contributed by atoms with Gasteiger partial charge in [0.25, 0.3) is 0 Å². The normalized spacial score (nSPS) is 15.1. The third kappa shape index (κ3) is 3.81. The average Bonchev–Trinajstić information content (AvgIpc) is 3.79. The second-order valence-corrected chi connectivity index (χ2v) is 11.3. The molecule has 0 bridgehead atoms. The predicted octanol–water partition coefficient (Wildman–Crippen LogP) is 12.5. The molecule has 220 valence electrons. The van der Waals surface area contributed by atoms with E-state index in [1.54, 1.807) is 22.8 Å². The Hall–Kier alpha value is -6.32. The number of hydrogen-bond acceptors (Lipinski definition) is 2. The van der Waals surface area contributed by atoms with Crippen LogP contribution in [0.15, 0.2) is 174 Å². The minimum Gasteiger partial charge on any atom is -0.455 e. The van der Waals surface area contributed by atoms with Crippen molar-refractivity contribution in [3.8, 4) is 5.69 Å². The molecule has 0 N–H and O–H groups in total. The molecule has 0 unspecified atom stereocenters. The molecule has 0 saturated heterocycles. The van der Waals surface area contributed by atoms with Crippen molar-refractivity contribution in [1.29, 1.82) is 0 Å². The topological polar surface area (TPSA) is 21.3 Å². The summed E-state index contributed by atoms with van der Waals surface area (Å²) >= 11 is 0. The van der Waals surface area contributed by atoms with Crippen LogP contribution >= 0.6 is 0 Å². The van der Waals surface area contributed by atoms with Crippen LogP contribution < -0.4 is 4.90 Å². The highest BCUT2D eigenvalue weighted by Crippen LogP contribution is 2.48. The van der Waals surface area contributed by atoms with Crippen molar-refractivity contribution in [2.24, 2.45) is 0 Å². The first-order valence-electron chi connectivity index (χ1n) is 20.6. The van der Waals surface area contributed by atoms with E-state index in [2.05, 4.69) is 0 Å². The molecule has 0 aliphatic heterocycles. The highest BCUT2D eigenvalue weighted by Gasteiger charge is 2.25. The summed E-state index contributed by atoms with van der Waals surface area (Å²) in [7, 11) is 0. The third-order valence-corrected chi connectivity index (χ3v) is 8.80. The molecule has 0 radical (unpaired) electrons. The average molecular weight is 612 g/mol. The van der Waals surface area contributed by atoms with E-state index in [1.165, 1.54) is 4.90 Å². The van der Waals surface area contributed by atoms with Crippen LogP contribution in [0.25, 0.3) is 71.0 Å². The van der Waals surface area contributed by atoms with Crippen LogP contribution in [-0.2, 0) is 0 Å². The van der Waals surface area contributed by atoms with Gasteiger partial charge in [0.15, 0.2) is 0 Å². The summed E-state index contributed by atoms with van der Waals surface area (Å²) in [5, 5.41) is 3.91. The molecule has 0 fully saturated rings. The second kappa shape index (κ2) is 10.1. The van der Waals surface area contributed by atoms with Crippen molar-refractivity contribution in [3.05, 3.63) is 170 Å². The van der Waals surface area contributed by atoms with Crippen LogP contribution in [0.5, 0.6) is 0 Å². The molecule has 0 spiro atoms. The minimum atomic E-state index is -0.633. The monoisotopic (exact) mass is 611 g/mol. The molecule has 10 aromatic rings. The molecule has 0 aliphatic carbocycles. The minimum absolute atomic E-state index is 0.00600. The number of aromatic nitrogens is 1. The molecule has 47 heavy (non-hydrogen) atoms. The number of anilines is 3. The number of nitrogens with zero attached hydrogens (tertiary/aromatic N) is 2. The maximum absolute atomic E-state index is 9.74. The molecule has 10 rings (SSSR count). The number of para-hydroxylation sites is 4. The van der Waals surface area contributed by atoms with Gasteiger partial charge < -0.3 is 13.9 Å². The van der Waals surface area contributed by atoms with Gasteiger partial charge in [0.05, 0.1) is 54.2 Å². The predicted molar refractivity (Wildman–Crippen MR) is 198 cm³/mol. The van der Waals surface area contributed by atoms with Gasteiger partial charge in [-0.15, -0.1) is 0 Å². The zero-order chi connectivity index (χ0) is 40.5. The maximum atomic E-state index is 9.74. The number of benzene rings is 8. The second-order valence-electron chi connectivity index (χ2n) is 11.3. The lowest BCUT2D eigenvalue weighted by Gasteiger charge is -2.30. The molecule has 2 aromatic heterocycles. The van der Waals surface area contributed by atoms with E-state index in [-0.39, 0.29) is 33.5 Å². The fourth-order valence-electron chi connectivity index (χ4n) is 6.83. The number of rotatable bonds is 4. The van der Waals surface area contributed by atoms with Crippen molar-refractivity contribution in [3.63, 3.8) is 0 Å². The summed E-state index contributed by atoms with van der Waals surface area (Å²) < 4.78 is 109. The largest absolute Gasteiger partial charge is 0.455 e. The molecule has 3 nitrogen and oxygen atoms in total. The zero-order valence-corrected chi connectivity index (χ0v) is 24.6. The highest BCUT2D eigenvalue weighted by molar-refractivity contribution is 6.20. The van der Waals surface area contributed by atoms with E-state index in [0.29, 0.717) is 33.0 Å². The van der Waals surface area contributed by atoms with E-state index >= 15 is 0 Å². The fourth-order valence-corrected chi connectivity index (χ4v) is 6.83. The summed E-state index contributed by atoms with van der Waals surface area (Å²) in [5.41, 5.74) is 2.00. The van der Waals surface area contributed by atoms with Crippen molar-refractivity contribution in [2.45, 2.75) is 0 Å². The van der Waals surface area contributed by atoms with Gasteiger partial charge in [-0.05, 0) is 59.2 Å². The van der Waals surface area contributed by atoms with Gasteiger partial charge in [0, 0.05) is 26.9 Å². The van der Waals surface area contributed by atoms with E-state index in [9.17, 15) is 5.48 Å². The lowest BCUT2D eigenvalue weighted by Crippen LogP contribution is -2.14. The van der Waals surface area contributed by atoms with Crippen LogP contribution in [-0.4, -0.2) is 4.57 Å². The van der Waals surface area contributed by atoms with Crippen LogP contribution in [0.1, 0.15) is 15.1 Å². The Morgan fingerprint density at radius 3 is 2.00 bits per heavy atom. The standard InChI is InChI=1S/C44H28N2O/c1-3-16-31-29(13-1)15-11-24-36(31)46(41-25-12-26-42-43(41)35-28-27-30-14-2-4-17-32(30)44(35)47-42)40-23-10-9-22-39(40)45-37-20-7-5-18-33(37)34-19-6-8-21-38(34)45/h1-28H/i1D,3D,9D,10D,11D,13D,15D,16D,22D,23D,24D. The quantitative estimate of drug-likeness (QED) is 0.197. The van der Waals surface area contributed by atoms with Crippen LogP contribution in [0.2, 0.25) is 0 Å². The molecule has 0 atom stereocenters. The SMILES string of the molecule is [2H]c1c([2H])c([2H])c(-n2c3ccccc3c3ccccc32)c(N(c2c([2H])c([2H])c([2H])c3c([2H])c([2H])c([2H])c([2H])c23)c2cccc3oc4c5ccccc5ccc4c23)c1[2H]. The molecule has 0 aliphatic rings. The van der Waals surface area contributed by atoms with Crippen molar-refractivity contribution >= 4 is 82.4 Å². The van der Waals surface area contributed by atoms with Gasteiger partial charge in [-0.1, -0.05) is 121 Å². The van der Waals surface area contributed by atoms with E-state index in [4.69, 9.17) is 14.0 Å². The van der Waals surface area contributed by atoms with Gasteiger partial charge in [-0.25, -0.2) is 0 Å². The Morgan fingerprint density at radius 2 is 1.15 bits per heavy atom. The van der Waals surface area contributed by atoms with Gasteiger partial charge in [0.1, 0.15) is 11.2 Å². The van der Waals surface area contributed by atoms with Crippen molar-refractivity contribution in [1.82, 2.24) is 4.57 Å². The molecule has 0 amide bonds. The summed E-state index contributed by atoms with van der Waals surface area (Å²) in [4.78, 5) is 1.41. The molecular formula is C44H28N2O. The van der Waals surface area contributed by atoms with Crippen LogP contribution in [0.4, 0.5) is 17.1 Å². The molecule has 2 heterocycles. The molecule has 8 aromatic carbocycles. The number of furan rings is 1. The van der Waals surface area contributed by atoms with Gasteiger partial charge in [0.2, 0.25) is 0 Å². The fraction of sp³-hybridized carbons (Fsp3) is 0. The first kappa shape index (κ1) is 17.4. The molecular weight excluding hydrogens is 572 g/mol. The van der Waals surface area contributed by atoms with Gasteiger partial charge >= 0.3 is 0 Å².